The molecule has 0 saturated heterocycles. The van der Waals surface area contributed by atoms with Crippen LogP contribution in [0.4, 0.5) is 0 Å². The molecular weight excluding hydrogens is 872 g/mol. The smallest absolute Gasteiger partial charge is 0.357 e. The van der Waals surface area contributed by atoms with Crippen molar-refractivity contribution in [3.63, 3.8) is 0 Å². The molecule has 4 aromatic heterocycles. The highest BCUT2D eigenvalue weighted by atomic mass is 127. The normalized spacial score (nSPS) is 10.9. The van der Waals surface area contributed by atoms with Crippen molar-refractivity contribution in [3.8, 4) is 11.6 Å². The number of aromatic carboxylic acids is 1. The third-order valence-electron chi connectivity index (χ3n) is 5.57. The van der Waals surface area contributed by atoms with Gasteiger partial charge in [-0.1, -0.05) is 31.9 Å². The van der Waals surface area contributed by atoms with Crippen molar-refractivity contribution < 1.29 is 14.7 Å². The van der Waals surface area contributed by atoms with Gasteiger partial charge in [-0.15, -0.1) is 0 Å². The van der Waals surface area contributed by atoms with Crippen LogP contribution >= 0.6 is 77.0 Å². The van der Waals surface area contributed by atoms with Gasteiger partial charge in [-0.3, -0.25) is 4.79 Å². The lowest BCUT2D eigenvalue weighted by atomic mass is 10.2. The Morgan fingerprint density at radius 3 is 1.60 bits per heavy atom. The molecule has 0 bridgehead atoms. The van der Waals surface area contributed by atoms with Crippen LogP contribution in [0, 0.1) is 7.14 Å². The van der Waals surface area contributed by atoms with Crippen LogP contribution in [-0.4, -0.2) is 46.5 Å². The van der Waals surface area contributed by atoms with Gasteiger partial charge in [0.25, 0.3) is 5.91 Å². The number of pyridine rings is 2. The molecule has 14 heteroatoms. The summed E-state index contributed by atoms with van der Waals surface area (Å²) in [6, 6.07) is 18.5. The van der Waals surface area contributed by atoms with Crippen molar-refractivity contribution in [3.05, 3.63) is 101 Å². The summed E-state index contributed by atoms with van der Waals surface area (Å²) in [5.74, 6) is -0.372. The molecule has 2 aromatic carbocycles. The van der Waals surface area contributed by atoms with E-state index in [-0.39, 0.29) is 11.4 Å². The fourth-order valence-electron chi connectivity index (χ4n) is 3.89. The number of halogens is 4. The number of aromatic nitrogens is 6. The van der Waals surface area contributed by atoms with Crippen LogP contribution < -0.4 is 5.73 Å². The van der Waals surface area contributed by atoms with Crippen molar-refractivity contribution in [2.75, 3.05) is 0 Å². The van der Waals surface area contributed by atoms with E-state index in [1.165, 1.54) is 0 Å². The zero-order valence-corrected chi connectivity index (χ0v) is 27.5. The molecule has 0 unspecified atom stereocenters. The third kappa shape index (κ3) is 5.89. The highest BCUT2D eigenvalue weighted by Crippen LogP contribution is 2.27. The third-order valence-corrected chi connectivity index (χ3v) is 7.90. The molecule has 1 amide bonds. The van der Waals surface area contributed by atoms with Crippen molar-refractivity contribution in [2.24, 2.45) is 5.73 Å². The first-order chi connectivity index (χ1) is 19.1. The first kappa shape index (κ1) is 28.6. The average Bonchev–Trinajstić information content (AvgIpc) is 3.48. The van der Waals surface area contributed by atoms with Gasteiger partial charge in [-0.05, 0) is 106 Å². The fourth-order valence-corrected chi connectivity index (χ4v) is 5.49. The Labute approximate surface area is 270 Å². The number of fused-ring (bicyclic) bond motifs is 2. The standard InChI is InChI=1S/C13H8BrIN4O.C13H7BrIN3O2/c14-7-1-2-10-9(5-7)12(13(16)20)18-19(10)11-6-8(15)3-4-17-11;14-7-1-2-10-9(5-7)12(13(19)20)17-18(10)11-6-8(15)3-4-16-11/h1-6H,(H2,16,20);1-6H,(H,19,20). The number of carbonyl (C=O) groups excluding carboxylic acids is 1. The number of hydrogen-bond acceptors (Lipinski definition) is 6. The van der Waals surface area contributed by atoms with Crippen molar-refractivity contribution in [2.45, 2.75) is 0 Å². The van der Waals surface area contributed by atoms with E-state index in [1.807, 2.05) is 54.6 Å². The monoisotopic (exact) mass is 885 g/mol. The Balaban J connectivity index is 0.000000161. The highest BCUT2D eigenvalue weighted by Gasteiger charge is 2.19. The molecule has 0 spiro atoms. The second kappa shape index (κ2) is 11.9. The molecule has 6 rings (SSSR count). The minimum Gasteiger partial charge on any atom is -0.476 e. The van der Waals surface area contributed by atoms with E-state index in [9.17, 15) is 14.7 Å². The number of amides is 1. The number of hydrogen-bond donors (Lipinski definition) is 2. The Bertz CT molecular complexity index is 1800. The highest BCUT2D eigenvalue weighted by molar-refractivity contribution is 14.1. The summed E-state index contributed by atoms with van der Waals surface area (Å²) in [6.45, 7) is 0. The maximum atomic E-state index is 11.5. The predicted octanol–water partition coefficient (Wildman–Crippen LogP) is 6.37. The Hall–Kier alpha value is -2.96. The van der Waals surface area contributed by atoms with Crippen LogP contribution in [0.3, 0.4) is 0 Å². The van der Waals surface area contributed by atoms with E-state index >= 15 is 0 Å². The van der Waals surface area contributed by atoms with E-state index in [0.717, 1.165) is 21.6 Å². The number of carbonyl (C=O) groups is 2. The largest absolute Gasteiger partial charge is 0.476 e. The predicted molar refractivity (Wildman–Crippen MR) is 174 cm³/mol. The van der Waals surface area contributed by atoms with E-state index in [1.54, 1.807) is 27.8 Å². The molecule has 10 nitrogen and oxygen atoms in total. The summed E-state index contributed by atoms with van der Waals surface area (Å²) in [4.78, 5) is 31.4. The lowest BCUT2D eigenvalue weighted by Gasteiger charge is -2.02. The van der Waals surface area contributed by atoms with E-state index in [0.29, 0.717) is 27.9 Å². The topological polar surface area (TPSA) is 142 Å². The summed E-state index contributed by atoms with van der Waals surface area (Å²) in [7, 11) is 0. The molecular formula is C26H15Br2I2N7O3. The molecule has 200 valence electrons. The quantitative estimate of drug-likeness (QED) is 0.196. The number of carboxylic acids is 1. The average molecular weight is 887 g/mol. The fraction of sp³-hybridized carbons (Fsp3) is 0. The lowest BCUT2D eigenvalue weighted by Crippen LogP contribution is -2.12. The zero-order valence-electron chi connectivity index (χ0n) is 20.0. The molecule has 3 N–H and O–H groups in total. The van der Waals surface area contributed by atoms with Gasteiger partial charge in [0, 0.05) is 39.3 Å². The van der Waals surface area contributed by atoms with Crippen molar-refractivity contribution in [1.29, 1.82) is 0 Å². The van der Waals surface area contributed by atoms with Gasteiger partial charge in [0.2, 0.25) is 0 Å². The number of primary amides is 1. The first-order valence-corrected chi connectivity index (χ1v) is 15.0. The van der Waals surface area contributed by atoms with Crippen LogP contribution in [0.25, 0.3) is 33.4 Å². The molecule has 6 aromatic rings. The van der Waals surface area contributed by atoms with Crippen LogP contribution in [0.1, 0.15) is 21.0 Å². The van der Waals surface area contributed by atoms with Crippen molar-refractivity contribution in [1.82, 2.24) is 29.5 Å². The molecule has 0 fully saturated rings. The molecule has 0 aliphatic rings. The maximum Gasteiger partial charge on any atom is 0.357 e. The minimum atomic E-state index is -1.06. The van der Waals surface area contributed by atoms with Crippen LogP contribution in [0.2, 0.25) is 0 Å². The van der Waals surface area contributed by atoms with Crippen LogP contribution in [0.15, 0.2) is 82.0 Å². The van der Waals surface area contributed by atoms with E-state index in [2.05, 4.69) is 97.2 Å². The lowest BCUT2D eigenvalue weighted by molar-refractivity contribution is 0.0691. The molecule has 0 aliphatic heterocycles. The number of carboxylic acid groups (broad SMARTS) is 1. The molecule has 40 heavy (non-hydrogen) atoms. The SMILES string of the molecule is NC(=O)c1nn(-c2cc(I)ccn2)c2ccc(Br)cc12.O=C(O)c1nn(-c2cc(I)ccn2)c2ccc(Br)cc12. The maximum absolute atomic E-state index is 11.5. The van der Waals surface area contributed by atoms with Crippen LogP contribution in [-0.2, 0) is 0 Å². The van der Waals surface area contributed by atoms with Gasteiger partial charge < -0.3 is 10.8 Å². The van der Waals surface area contributed by atoms with E-state index in [4.69, 9.17) is 5.73 Å². The molecule has 4 heterocycles. The van der Waals surface area contributed by atoms with Gasteiger partial charge in [-0.25, -0.2) is 24.1 Å². The van der Waals surface area contributed by atoms with Gasteiger partial charge in [0.05, 0.1) is 11.0 Å². The first-order valence-electron chi connectivity index (χ1n) is 11.3. The second-order valence-electron chi connectivity index (χ2n) is 8.18. The van der Waals surface area contributed by atoms with Gasteiger partial charge in [0.15, 0.2) is 23.0 Å². The van der Waals surface area contributed by atoms with Gasteiger partial charge in [0.1, 0.15) is 0 Å². The number of nitrogens with zero attached hydrogens (tertiary/aromatic N) is 6. The summed E-state index contributed by atoms with van der Waals surface area (Å²) in [5.41, 5.74) is 7.15. The summed E-state index contributed by atoms with van der Waals surface area (Å²) in [6.07, 6.45) is 3.37. The van der Waals surface area contributed by atoms with Gasteiger partial charge in [-0.2, -0.15) is 10.2 Å². The summed E-state index contributed by atoms with van der Waals surface area (Å²) < 4.78 is 6.89. The van der Waals surface area contributed by atoms with Crippen LogP contribution in [0.5, 0.6) is 0 Å². The molecule has 0 atom stereocenters. The molecule has 0 saturated carbocycles. The number of rotatable bonds is 4. The number of nitrogens with two attached hydrogens (primary N) is 1. The van der Waals surface area contributed by atoms with Crippen molar-refractivity contribution >= 4 is 111 Å². The number of benzene rings is 2. The summed E-state index contributed by atoms with van der Waals surface area (Å²) >= 11 is 11.1. The Morgan fingerprint density at radius 1 is 0.725 bits per heavy atom. The minimum absolute atomic E-state index is 0.0157. The molecule has 0 aliphatic carbocycles. The second-order valence-corrected chi connectivity index (χ2v) is 12.5. The summed E-state index contributed by atoms with van der Waals surface area (Å²) in [5, 5.41) is 19.0. The zero-order chi connectivity index (χ0) is 28.6. The van der Waals surface area contributed by atoms with E-state index < -0.39 is 11.9 Å². The molecule has 0 radical (unpaired) electrons. The Morgan fingerprint density at radius 2 is 1.18 bits per heavy atom. The van der Waals surface area contributed by atoms with Gasteiger partial charge >= 0.3 is 5.97 Å². The Kier molecular flexibility index (Phi) is 8.48.